The second-order valence-corrected chi connectivity index (χ2v) is 12.0. The fourth-order valence-corrected chi connectivity index (χ4v) is 7.32. The fraction of sp³-hybridized carbons (Fsp3) is 0.438. The van der Waals surface area contributed by atoms with Crippen molar-refractivity contribution in [1.82, 2.24) is 25.0 Å². The average Bonchev–Trinajstić information content (AvgIpc) is 3.42. The molecule has 3 aromatic rings. The number of amides is 2. The first-order valence-corrected chi connectivity index (χ1v) is 14.6. The third-order valence-electron chi connectivity index (χ3n) is 9.78. The summed E-state index contributed by atoms with van der Waals surface area (Å²) in [5.74, 6) is 1.08. The van der Waals surface area contributed by atoms with E-state index in [1.54, 1.807) is 13.2 Å². The summed E-state index contributed by atoms with van der Waals surface area (Å²) >= 11 is 0. The Morgan fingerprint density at radius 1 is 1.19 bits per heavy atom. The lowest BCUT2D eigenvalue weighted by atomic mass is 9.53. The first-order chi connectivity index (χ1) is 20.2. The number of allylic oxidation sites excluding steroid dienone is 2. The maximum absolute atomic E-state index is 13.8. The Hall–Kier alpha value is -4.21. The standard InChI is InChI=1S/C32H37FN6O3/c1-19-16-20(18-37-28(40)23-17-21(33)5-7-24(23)42-3)4-6-22(19)25-26-27(34)36-14-15-39(26)29(38-25)31-8-11-32(12-9-31,13-10-31)30(41)35-2/h4-7,14-17,19,22H,8-13,18H2,1-3H3,(H2,34,36)(H,35,41)(H,37,40). The number of rotatable bonds is 7. The molecular formula is C32H37FN6O3. The zero-order chi connectivity index (χ0) is 29.6. The Morgan fingerprint density at radius 2 is 1.93 bits per heavy atom. The van der Waals surface area contributed by atoms with E-state index in [2.05, 4.69) is 39.1 Å². The summed E-state index contributed by atoms with van der Waals surface area (Å²) in [6.45, 7) is 2.42. The van der Waals surface area contributed by atoms with E-state index >= 15 is 0 Å². The molecule has 3 fully saturated rings. The molecule has 3 saturated carbocycles. The van der Waals surface area contributed by atoms with Gasteiger partial charge in [0.05, 0.1) is 18.4 Å². The van der Waals surface area contributed by atoms with Crippen molar-refractivity contribution < 1.29 is 18.7 Å². The van der Waals surface area contributed by atoms with Crippen molar-refractivity contribution in [3.05, 3.63) is 77.3 Å². The number of carbonyl (C=O) groups excluding carboxylic acids is 2. The number of hydrogen-bond acceptors (Lipinski definition) is 6. The lowest BCUT2D eigenvalue weighted by molar-refractivity contribution is -0.137. The smallest absolute Gasteiger partial charge is 0.255 e. The van der Waals surface area contributed by atoms with Gasteiger partial charge in [-0.2, -0.15) is 0 Å². The zero-order valence-corrected chi connectivity index (χ0v) is 24.2. The van der Waals surface area contributed by atoms with Crippen LogP contribution in [0, 0.1) is 17.2 Å². The van der Waals surface area contributed by atoms with E-state index < -0.39 is 11.7 Å². The third-order valence-corrected chi connectivity index (χ3v) is 9.78. The highest BCUT2D eigenvalue weighted by Gasteiger charge is 2.54. The van der Waals surface area contributed by atoms with Crippen molar-refractivity contribution >= 4 is 23.1 Å². The summed E-state index contributed by atoms with van der Waals surface area (Å²) in [6.07, 6.45) is 15.2. The third kappa shape index (κ3) is 4.53. The van der Waals surface area contributed by atoms with E-state index in [1.165, 1.54) is 25.3 Å². The van der Waals surface area contributed by atoms with Gasteiger partial charge in [-0.1, -0.05) is 25.2 Å². The highest BCUT2D eigenvalue weighted by molar-refractivity contribution is 5.97. The predicted octanol–water partition coefficient (Wildman–Crippen LogP) is 4.44. The number of hydrogen-bond donors (Lipinski definition) is 3. The molecule has 2 heterocycles. The van der Waals surface area contributed by atoms with E-state index in [0.29, 0.717) is 18.1 Å². The lowest BCUT2D eigenvalue weighted by Gasteiger charge is -2.51. The van der Waals surface area contributed by atoms with E-state index in [-0.39, 0.29) is 34.1 Å². The Bertz CT molecular complexity index is 1600. The number of methoxy groups -OCH3 is 1. The van der Waals surface area contributed by atoms with Crippen LogP contribution in [0.4, 0.5) is 10.2 Å². The molecule has 0 aliphatic heterocycles. The van der Waals surface area contributed by atoms with Crippen LogP contribution in [0.15, 0.2) is 54.4 Å². The van der Waals surface area contributed by atoms with Crippen molar-refractivity contribution in [1.29, 1.82) is 0 Å². The average molecular weight is 573 g/mol. The number of imidazole rings is 1. The zero-order valence-electron chi connectivity index (χ0n) is 24.2. The van der Waals surface area contributed by atoms with Crippen LogP contribution in [0.25, 0.3) is 5.52 Å². The summed E-state index contributed by atoms with van der Waals surface area (Å²) in [5, 5.41) is 5.77. The Morgan fingerprint density at radius 3 is 2.60 bits per heavy atom. The van der Waals surface area contributed by atoms with Crippen LogP contribution in [0.3, 0.4) is 0 Å². The number of fused-ring (bicyclic) bond motifs is 4. The monoisotopic (exact) mass is 572 g/mol. The van der Waals surface area contributed by atoms with Crippen LogP contribution < -0.4 is 21.1 Å². The Balaban J connectivity index is 1.24. The number of nitrogens with one attached hydrogen (secondary N) is 2. The van der Waals surface area contributed by atoms with Crippen molar-refractivity contribution in [3.8, 4) is 5.75 Å². The number of nitrogens with two attached hydrogens (primary N) is 1. The number of ether oxygens (including phenoxy) is 1. The van der Waals surface area contributed by atoms with E-state index in [9.17, 15) is 14.0 Å². The highest BCUT2D eigenvalue weighted by Crippen LogP contribution is 2.58. The molecule has 220 valence electrons. The quantitative estimate of drug-likeness (QED) is 0.385. The van der Waals surface area contributed by atoms with E-state index in [0.717, 1.165) is 61.1 Å². The maximum atomic E-state index is 13.8. The predicted molar refractivity (Wildman–Crippen MR) is 158 cm³/mol. The molecule has 2 bridgehead atoms. The lowest BCUT2D eigenvalue weighted by Crippen LogP contribution is -2.51. The van der Waals surface area contributed by atoms with Crippen LogP contribution >= 0.6 is 0 Å². The summed E-state index contributed by atoms with van der Waals surface area (Å²) in [6, 6.07) is 3.88. The molecular weight excluding hydrogens is 535 g/mol. The maximum Gasteiger partial charge on any atom is 0.255 e. The molecule has 2 aromatic heterocycles. The van der Waals surface area contributed by atoms with Gasteiger partial charge in [0.25, 0.3) is 5.91 Å². The van der Waals surface area contributed by atoms with Crippen molar-refractivity contribution in [2.45, 2.75) is 56.8 Å². The van der Waals surface area contributed by atoms with Crippen LogP contribution in [0.5, 0.6) is 5.75 Å². The van der Waals surface area contributed by atoms with Crippen LogP contribution in [-0.4, -0.2) is 46.9 Å². The molecule has 4 N–H and O–H groups in total. The molecule has 0 radical (unpaired) electrons. The molecule has 7 rings (SSSR count). The minimum atomic E-state index is -0.499. The summed E-state index contributed by atoms with van der Waals surface area (Å²) < 4.78 is 21.1. The van der Waals surface area contributed by atoms with E-state index in [1.807, 2.05) is 12.3 Å². The van der Waals surface area contributed by atoms with Gasteiger partial charge in [-0.3, -0.25) is 14.0 Å². The minimum Gasteiger partial charge on any atom is -0.496 e. The van der Waals surface area contributed by atoms with Gasteiger partial charge >= 0.3 is 0 Å². The molecule has 4 aliphatic rings. The van der Waals surface area contributed by atoms with Gasteiger partial charge < -0.3 is 21.1 Å². The van der Waals surface area contributed by atoms with Gasteiger partial charge in [-0.15, -0.1) is 0 Å². The number of nitrogen functional groups attached to an aromatic ring is 1. The molecule has 0 spiro atoms. The molecule has 9 nitrogen and oxygen atoms in total. The van der Waals surface area contributed by atoms with Crippen LogP contribution in [-0.2, 0) is 10.2 Å². The molecule has 2 atom stereocenters. The van der Waals surface area contributed by atoms with Gasteiger partial charge in [0.1, 0.15) is 28.7 Å². The normalized spacial score (nSPS) is 26.6. The van der Waals surface area contributed by atoms with Gasteiger partial charge in [0, 0.05) is 42.7 Å². The fourth-order valence-electron chi connectivity index (χ4n) is 7.32. The highest BCUT2D eigenvalue weighted by atomic mass is 19.1. The van der Waals surface area contributed by atoms with Crippen molar-refractivity contribution in [3.63, 3.8) is 0 Å². The second-order valence-electron chi connectivity index (χ2n) is 12.0. The SMILES string of the molecule is CNC(=O)C12CCC(c3nc(C4C=CC(CNC(=O)c5cc(F)ccc5OC)=CC4C)c4c(N)nccn34)(CC1)CC2. The van der Waals surface area contributed by atoms with Crippen LogP contribution in [0.2, 0.25) is 0 Å². The molecule has 0 saturated heterocycles. The number of benzene rings is 1. The molecule has 1 aromatic carbocycles. The summed E-state index contributed by atoms with van der Waals surface area (Å²) in [4.78, 5) is 35.2. The Labute approximate surface area is 244 Å². The molecule has 2 amide bonds. The van der Waals surface area contributed by atoms with Crippen LogP contribution in [0.1, 0.15) is 73.2 Å². The first kappa shape index (κ1) is 27.9. The van der Waals surface area contributed by atoms with Gasteiger partial charge in [0.2, 0.25) is 5.91 Å². The van der Waals surface area contributed by atoms with Gasteiger partial charge in [-0.05, 0) is 68.2 Å². The number of carbonyl (C=O) groups is 2. The molecule has 2 unspecified atom stereocenters. The van der Waals surface area contributed by atoms with E-state index in [4.69, 9.17) is 15.5 Å². The summed E-state index contributed by atoms with van der Waals surface area (Å²) in [7, 11) is 3.18. The van der Waals surface area contributed by atoms with Crippen molar-refractivity contribution in [2.75, 3.05) is 26.4 Å². The summed E-state index contributed by atoms with van der Waals surface area (Å²) in [5.41, 5.74) is 8.94. The first-order valence-electron chi connectivity index (χ1n) is 14.6. The molecule has 4 aliphatic carbocycles. The molecule has 42 heavy (non-hydrogen) atoms. The number of nitrogens with zero attached hydrogens (tertiary/aromatic N) is 3. The van der Waals surface area contributed by atoms with Crippen molar-refractivity contribution in [2.24, 2.45) is 11.3 Å². The largest absolute Gasteiger partial charge is 0.496 e. The topological polar surface area (TPSA) is 124 Å². The number of aromatic nitrogens is 3. The Kier molecular flexibility index (Phi) is 7.03. The minimum absolute atomic E-state index is 0.0310. The second kappa shape index (κ2) is 10.6. The molecule has 10 heteroatoms. The number of anilines is 1. The van der Waals surface area contributed by atoms with Gasteiger partial charge in [-0.25, -0.2) is 14.4 Å². The van der Waals surface area contributed by atoms with Gasteiger partial charge in [0.15, 0.2) is 0 Å². The number of halogens is 1.